The maximum Gasteiger partial charge on any atom is 0.411 e. The zero-order valence-electron chi connectivity index (χ0n) is 21.6. The van der Waals surface area contributed by atoms with Crippen molar-refractivity contribution in [1.82, 2.24) is 14.5 Å². The van der Waals surface area contributed by atoms with Crippen LogP contribution in [0.1, 0.15) is 50.6 Å². The van der Waals surface area contributed by atoms with Gasteiger partial charge in [0.05, 0.1) is 16.9 Å². The number of fused-ring (bicyclic) bond motifs is 1. The van der Waals surface area contributed by atoms with Gasteiger partial charge < -0.3 is 25.5 Å². The fourth-order valence-electron chi connectivity index (χ4n) is 5.19. The van der Waals surface area contributed by atoms with Crippen LogP contribution >= 0.6 is 0 Å². The second-order valence-electron chi connectivity index (χ2n) is 10.3. The van der Waals surface area contributed by atoms with Gasteiger partial charge >= 0.3 is 6.09 Å². The lowest BCUT2D eigenvalue weighted by atomic mass is 9.92. The number of rotatable bonds is 7. The highest BCUT2D eigenvalue weighted by molar-refractivity contribution is 6.02. The monoisotopic (exact) mass is 512 g/mol. The van der Waals surface area contributed by atoms with E-state index in [9.17, 15) is 4.79 Å². The molecular formula is C29H32N6O3. The van der Waals surface area contributed by atoms with E-state index in [2.05, 4.69) is 19.9 Å². The van der Waals surface area contributed by atoms with Crippen LogP contribution < -0.4 is 21.5 Å². The van der Waals surface area contributed by atoms with E-state index >= 15 is 0 Å². The van der Waals surface area contributed by atoms with Crippen LogP contribution in [0.15, 0.2) is 48.8 Å². The van der Waals surface area contributed by atoms with Gasteiger partial charge in [0.2, 0.25) is 0 Å². The number of aryl methyl sites for hydroxylation is 1. The Hall–Kier alpha value is -4.27. The fourth-order valence-corrected chi connectivity index (χ4v) is 5.19. The van der Waals surface area contributed by atoms with Gasteiger partial charge in [-0.3, -0.25) is 5.32 Å². The third-order valence-electron chi connectivity index (χ3n) is 7.67. The van der Waals surface area contributed by atoms with Crippen molar-refractivity contribution in [3.8, 4) is 22.9 Å². The summed E-state index contributed by atoms with van der Waals surface area (Å²) in [6.45, 7) is 3.98. The number of amides is 1. The van der Waals surface area contributed by atoms with Crippen LogP contribution in [0.25, 0.3) is 22.2 Å². The summed E-state index contributed by atoms with van der Waals surface area (Å²) < 4.78 is 13.8. The average Bonchev–Trinajstić information content (AvgIpc) is 3.67. The lowest BCUT2D eigenvalue weighted by Crippen LogP contribution is -2.21. The number of nitrogens with two attached hydrogens (primary N) is 2. The summed E-state index contributed by atoms with van der Waals surface area (Å²) in [6.07, 6.45) is 8.20. The standard InChI is InChI=1S/C29H32N6O3/c1-16-14-19(34-29(36)37-17(2)18-6-7-18)8-10-22(16)26-25(30)23-11-9-21(38-28-27(31)32-12-13-33-28)15-24(23)35(26)20-4-3-5-20/h8-15,17-18,20H,3-7,30H2,1-2H3,(H2,31,32)(H,34,36)/t17-/m1/s1. The maximum atomic E-state index is 12.4. The summed E-state index contributed by atoms with van der Waals surface area (Å²) in [4.78, 5) is 20.6. The number of aromatic nitrogens is 3. The molecule has 2 fully saturated rings. The number of benzene rings is 2. The molecule has 0 bridgehead atoms. The van der Waals surface area contributed by atoms with Gasteiger partial charge in [-0.25, -0.2) is 14.8 Å². The number of nitrogens with one attached hydrogen (secondary N) is 1. The van der Waals surface area contributed by atoms with E-state index in [0.29, 0.717) is 23.4 Å². The Labute approximate surface area is 221 Å². The molecule has 5 N–H and O–H groups in total. The Morgan fingerprint density at radius 2 is 1.87 bits per heavy atom. The van der Waals surface area contributed by atoms with E-state index in [0.717, 1.165) is 59.1 Å². The highest BCUT2D eigenvalue weighted by atomic mass is 16.6. The van der Waals surface area contributed by atoms with E-state index in [-0.39, 0.29) is 17.8 Å². The first-order valence-electron chi connectivity index (χ1n) is 13.2. The molecule has 2 saturated carbocycles. The molecule has 9 heteroatoms. The Morgan fingerprint density at radius 1 is 1.08 bits per heavy atom. The van der Waals surface area contributed by atoms with Crippen molar-refractivity contribution in [3.05, 3.63) is 54.4 Å². The molecule has 196 valence electrons. The SMILES string of the molecule is Cc1cc(NC(=O)O[C@H](C)C2CC2)ccc1-c1c(N)c2ccc(Oc3nccnc3N)cc2n1C1CCC1. The van der Waals surface area contributed by atoms with Gasteiger partial charge in [0.15, 0.2) is 5.82 Å². The molecule has 1 amide bonds. The Morgan fingerprint density at radius 3 is 2.55 bits per heavy atom. The van der Waals surface area contributed by atoms with Crippen LogP contribution in [0.5, 0.6) is 11.6 Å². The molecule has 6 rings (SSSR count). The summed E-state index contributed by atoms with van der Waals surface area (Å²) in [6, 6.07) is 12.1. The smallest absolute Gasteiger partial charge is 0.411 e. The highest BCUT2D eigenvalue weighted by Crippen LogP contribution is 2.46. The molecule has 0 radical (unpaired) electrons. The van der Waals surface area contributed by atoms with Gasteiger partial charge in [-0.1, -0.05) is 6.07 Å². The van der Waals surface area contributed by atoms with Gasteiger partial charge in [-0.15, -0.1) is 0 Å². The summed E-state index contributed by atoms with van der Waals surface area (Å²) >= 11 is 0. The van der Waals surface area contributed by atoms with E-state index < -0.39 is 6.09 Å². The van der Waals surface area contributed by atoms with Gasteiger partial charge in [0.1, 0.15) is 11.9 Å². The van der Waals surface area contributed by atoms with Crippen LogP contribution in [-0.4, -0.2) is 26.7 Å². The van der Waals surface area contributed by atoms with E-state index in [1.807, 2.05) is 50.2 Å². The summed E-state index contributed by atoms with van der Waals surface area (Å²) in [5, 5.41) is 3.84. The minimum Gasteiger partial charge on any atom is -0.446 e. The first-order valence-corrected chi connectivity index (χ1v) is 13.2. The molecule has 0 unspecified atom stereocenters. The van der Waals surface area contributed by atoms with E-state index in [1.165, 1.54) is 12.6 Å². The number of carbonyl (C=O) groups is 1. The molecule has 0 saturated heterocycles. The molecule has 2 aliphatic carbocycles. The number of hydrogen-bond acceptors (Lipinski definition) is 7. The molecule has 0 aliphatic heterocycles. The molecule has 9 nitrogen and oxygen atoms in total. The van der Waals surface area contributed by atoms with Gasteiger partial charge in [0, 0.05) is 41.1 Å². The van der Waals surface area contributed by atoms with Crippen LogP contribution in [0, 0.1) is 12.8 Å². The fraction of sp³-hybridized carbons (Fsp3) is 0.345. The molecule has 2 aromatic heterocycles. The second-order valence-corrected chi connectivity index (χ2v) is 10.3. The topological polar surface area (TPSA) is 130 Å². The maximum absolute atomic E-state index is 12.4. The number of hydrogen-bond donors (Lipinski definition) is 3. The predicted molar refractivity (Wildman–Crippen MR) is 148 cm³/mol. The quantitative estimate of drug-likeness (QED) is 0.260. The van der Waals surface area contributed by atoms with E-state index in [1.54, 1.807) is 6.20 Å². The van der Waals surface area contributed by atoms with Crippen molar-refractivity contribution in [3.63, 3.8) is 0 Å². The number of anilines is 3. The van der Waals surface area contributed by atoms with Gasteiger partial charge in [-0.05, 0) is 81.7 Å². The van der Waals surface area contributed by atoms with Crippen molar-refractivity contribution in [1.29, 1.82) is 0 Å². The first-order chi connectivity index (χ1) is 18.4. The summed E-state index contributed by atoms with van der Waals surface area (Å²) in [7, 11) is 0. The van der Waals surface area contributed by atoms with Crippen molar-refractivity contribution in [2.24, 2.45) is 5.92 Å². The molecule has 2 aliphatic rings. The molecule has 0 spiro atoms. The summed E-state index contributed by atoms with van der Waals surface area (Å²) in [5.74, 6) is 1.61. The third-order valence-corrected chi connectivity index (χ3v) is 7.67. The number of nitrogens with zero attached hydrogens (tertiary/aromatic N) is 3. The second kappa shape index (κ2) is 9.55. The zero-order chi connectivity index (χ0) is 26.4. The molecule has 4 aromatic rings. The minimum absolute atomic E-state index is 0.0624. The Bertz CT molecular complexity index is 1520. The molecule has 2 heterocycles. The Balaban J connectivity index is 1.34. The largest absolute Gasteiger partial charge is 0.446 e. The van der Waals surface area contributed by atoms with Crippen LogP contribution in [0.3, 0.4) is 0 Å². The van der Waals surface area contributed by atoms with Crippen LogP contribution in [-0.2, 0) is 4.74 Å². The van der Waals surface area contributed by atoms with Crippen LogP contribution in [0.2, 0.25) is 0 Å². The van der Waals surface area contributed by atoms with Crippen molar-refractivity contribution in [2.75, 3.05) is 16.8 Å². The van der Waals surface area contributed by atoms with Crippen LogP contribution in [0.4, 0.5) is 22.0 Å². The molecule has 2 aromatic carbocycles. The zero-order valence-corrected chi connectivity index (χ0v) is 21.6. The lowest BCUT2D eigenvalue weighted by Gasteiger charge is -2.30. The number of carbonyl (C=O) groups excluding carboxylic acids is 1. The summed E-state index contributed by atoms with van der Waals surface area (Å²) in [5.41, 5.74) is 18.2. The average molecular weight is 513 g/mol. The lowest BCUT2D eigenvalue weighted by molar-refractivity contribution is 0.108. The number of nitrogen functional groups attached to an aromatic ring is 2. The van der Waals surface area contributed by atoms with Crippen molar-refractivity contribution in [2.45, 2.75) is 58.1 Å². The molecular weight excluding hydrogens is 480 g/mol. The van der Waals surface area contributed by atoms with Crippen molar-refractivity contribution < 1.29 is 14.3 Å². The van der Waals surface area contributed by atoms with Crippen molar-refractivity contribution >= 4 is 34.2 Å². The predicted octanol–water partition coefficient (Wildman–Crippen LogP) is 6.44. The normalized spacial score (nSPS) is 16.2. The molecule has 38 heavy (non-hydrogen) atoms. The number of ether oxygens (including phenoxy) is 2. The van der Waals surface area contributed by atoms with Gasteiger partial charge in [0.25, 0.3) is 5.88 Å². The highest BCUT2D eigenvalue weighted by Gasteiger charge is 2.31. The third kappa shape index (κ3) is 4.49. The Kier molecular flexibility index (Phi) is 6.06. The van der Waals surface area contributed by atoms with Gasteiger partial charge in [-0.2, -0.15) is 0 Å². The van der Waals surface area contributed by atoms with E-state index in [4.69, 9.17) is 20.9 Å². The minimum atomic E-state index is -0.420. The first kappa shape index (κ1) is 24.1. The molecule has 1 atom stereocenters.